The van der Waals surface area contributed by atoms with Gasteiger partial charge in [0.25, 0.3) is 5.56 Å². The van der Waals surface area contributed by atoms with E-state index >= 15 is 0 Å². The number of hydrogen-bond donors (Lipinski definition) is 2. The Morgan fingerprint density at radius 2 is 1.76 bits per heavy atom. The first-order valence-electron chi connectivity index (χ1n) is 8.67. The van der Waals surface area contributed by atoms with Gasteiger partial charge in [-0.05, 0) is 37.3 Å². The van der Waals surface area contributed by atoms with Crippen LogP contribution in [0.3, 0.4) is 0 Å². The Morgan fingerprint density at radius 3 is 2.32 bits per heavy atom. The molecule has 0 atom stereocenters. The first-order chi connectivity index (χ1) is 12.0. The first-order valence-corrected chi connectivity index (χ1v) is 8.67. The van der Waals surface area contributed by atoms with Crippen molar-refractivity contribution < 1.29 is 4.79 Å². The highest BCUT2D eigenvalue weighted by Gasteiger charge is 2.33. The Kier molecular flexibility index (Phi) is 4.88. The van der Waals surface area contributed by atoms with E-state index in [-0.39, 0.29) is 18.4 Å². The van der Waals surface area contributed by atoms with Gasteiger partial charge < -0.3 is 9.88 Å². The van der Waals surface area contributed by atoms with Crippen LogP contribution in [0.5, 0.6) is 0 Å². The van der Waals surface area contributed by atoms with Crippen molar-refractivity contribution >= 4 is 5.91 Å². The third-order valence-electron chi connectivity index (χ3n) is 4.67. The molecule has 132 valence electrons. The minimum absolute atomic E-state index is 0.00148. The van der Waals surface area contributed by atoms with E-state index in [1.54, 1.807) is 6.92 Å². The van der Waals surface area contributed by atoms with Crippen molar-refractivity contribution in [1.29, 1.82) is 0 Å². The fourth-order valence-electron chi connectivity index (χ4n) is 2.98. The van der Waals surface area contributed by atoms with Crippen LogP contribution in [0, 0.1) is 6.92 Å². The maximum Gasteiger partial charge on any atom is 0.325 e. The topological polar surface area (TPSA) is 86.0 Å². The van der Waals surface area contributed by atoms with Crippen LogP contribution in [0.25, 0.3) is 0 Å². The summed E-state index contributed by atoms with van der Waals surface area (Å²) in [6, 6.07) is 8.53. The fraction of sp³-hybridized carbons (Fsp3) is 0.421. The molecule has 0 saturated heterocycles. The van der Waals surface area contributed by atoms with E-state index in [9.17, 15) is 14.4 Å². The Morgan fingerprint density at radius 1 is 1.12 bits per heavy atom. The van der Waals surface area contributed by atoms with Crippen LogP contribution >= 0.6 is 0 Å². The Labute approximate surface area is 145 Å². The number of rotatable bonds is 6. The van der Waals surface area contributed by atoms with Gasteiger partial charge in [0.15, 0.2) is 0 Å². The zero-order valence-electron chi connectivity index (χ0n) is 14.6. The number of nitrogens with zero attached hydrogens (tertiary/aromatic N) is 1. The second-order valence-corrected chi connectivity index (χ2v) is 6.61. The molecular formula is C19H23N3O3. The Balaban J connectivity index is 1.77. The third kappa shape index (κ3) is 4.07. The third-order valence-corrected chi connectivity index (χ3v) is 4.67. The van der Waals surface area contributed by atoms with E-state index in [2.05, 4.69) is 41.2 Å². The standard InChI is InChI=1S/C19H23N3O3/c1-3-13-4-6-14(7-5-13)11-22(15-8-9-15)17(23)10-16-12(2)20-19(25)21-18(16)24/h4-7,15H,3,8-11H2,1-2H3,(H2,20,21,24,25). The number of amides is 1. The highest BCUT2D eigenvalue weighted by atomic mass is 16.2. The van der Waals surface area contributed by atoms with Crippen molar-refractivity contribution in [2.45, 2.75) is 52.1 Å². The number of aryl methyl sites for hydroxylation is 2. The molecule has 0 spiro atoms. The van der Waals surface area contributed by atoms with E-state index in [4.69, 9.17) is 0 Å². The van der Waals surface area contributed by atoms with Crippen LogP contribution in [0.2, 0.25) is 0 Å². The molecule has 1 heterocycles. The second-order valence-electron chi connectivity index (χ2n) is 6.61. The minimum atomic E-state index is -0.547. The Hall–Kier alpha value is -2.63. The predicted molar refractivity (Wildman–Crippen MR) is 95.5 cm³/mol. The maximum absolute atomic E-state index is 12.8. The van der Waals surface area contributed by atoms with Crippen molar-refractivity contribution in [2.75, 3.05) is 0 Å². The quantitative estimate of drug-likeness (QED) is 0.838. The summed E-state index contributed by atoms with van der Waals surface area (Å²) in [5.41, 5.74) is 2.10. The molecule has 1 fully saturated rings. The number of carbonyl (C=O) groups excluding carboxylic acids is 1. The lowest BCUT2D eigenvalue weighted by atomic mass is 10.1. The molecule has 1 aliphatic rings. The summed E-state index contributed by atoms with van der Waals surface area (Å²) >= 11 is 0. The van der Waals surface area contributed by atoms with E-state index in [0.29, 0.717) is 17.8 Å². The minimum Gasteiger partial charge on any atom is -0.335 e. The van der Waals surface area contributed by atoms with Crippen molar-refractivity contribution in [1.82, 2.24) is 14.9 Å². The summed E-state index contributed by atoms with van der Waals surface area (Å²) in [5, 5.41) is 0. The molecule has 0 bridgehead atoms. The van der Waals surface area contributed by atoms with Gasteiger partial charge in [-0.3, -0.25) is 14.6 Å². The second kappa shape index (κ2) is 7.09. The first kappa shape index (κ1) is 17.2. The fourth-order valence-corrected chi connectivity index (χ4v) is 2.98. The van der Waals surface area contributed by atoms with Crippen molar-refractivity contribution in [3.05, 3.63) is 67.5 Å². The molecule has 0 unspecified atom stereocenters. The average Bonchev–Trinajstić information content (AvgIpc) is 3.41. The molecule has 0 radical (unpaired) electrons. The number of benzene rings is 1. The van der Waals surface area contributed by atoms with E-state index in [1.165, 1.54) is 5.56 Å². The average molecular weight is 341 g/mol. The van der Waals surface area contributed by atoms with Gasteiger partial charge in [0.2, 0.25) is 5.91 Å². The van der Waals surface area contributed by atoms with E-state index < -0.39 is 11.2 Å². The summed E-state index contributed by atoms with van der Waals surface area (Å²) in [4.78, 5) is 42.7. The molecule has 0 aliphatic heterocycles. The lowest BCUT2D eigenvalue weighted by molar-refractivity contribution is -0.131. The van der Waals surface area contributed by atoms with Crippen LogP contribution in [0.4, 0.5) is 0 Å². The maximum atomic E-state index is 12.8. The number of aromatic nitrogens is 2. The molecule has 6 nitrogen and oxygen atoms in total. The van der Waals surface area contributed by atoms with Crippen LogP contribution in [-0.4, -0.2) is 26.8 Å². The molecular weight excluding hydrogens is 318 g/mol. The highest BCUT2D eigenvalue weighted by molar-refractivity contribution is 5.79. The van der Waals surface area contributed by atoms with Gasteiger partial charge in [0.05, 0.1) is 6.42 Å². The van der Waals surface area contributed by atoms with Gasteiger partial charge in [0.1, 0.15) is 0 Å². The normalized spacial score (nSPS) is 13.7. The molecule has 2 aromatic rings. The van der Waals surface area contributed by atoms with Crippen LogP contribution in [0.15, 0.2) is 33.9 Å². The molecule has 2 N–H and O–H groups in total. The lowest BCUT2D eigenvalue weighted by Gasteiger charge is -2.23. The predicted octanol–water partition coefficient (Wildman–Crippen LogP) is 1.67. The zero-order valence-corrected chi connectivity index (χ0v) is 14.6. The molecule has 1 aromatic carbocycles. The SMILES string of the molecule is CCc1ccc(CN(C(=O)Cc2c(C)[nH]c(=O)[nH]c2=O)C2CC2)cc1. The van der Waals surface area contributed by atoms with E-state index in [1.807, 2.05) is 4.90 Å². The van der Waals surface area contributed by atoms with Crippen molar-refractivity contribution in [3.63, 3.8) is 0 Å². The number of carbonyl (C=O) groups is 1. The smallest absolute Gasteiger partial charge is 0.325 e. The molecule has 1 aliphatic carbocycles. The number of nitrogens with one attached hydrogen (secondary N) is 2. The van der Waals surface area contributed by atoms with Crippen LogP contribution in [0.1, 0.15) is 42.1 Å². The summed E-state index contributed by atoms with van der Waals surface area (Å²) in [6.45, 7) is 4.30. The summed E-state index contributed by atoms with van der Waals surface area (Å²) in [7, 11) is 0. The van der Waals surface area contributed by atoms with Gasteiger partial charge in [-0.2, -0.15) is 0 Å². The number of H-pyrrole nitrogens is 2. The molecule has 25 heavy (non-hydrogen) atoms. The lowest BCUT2D eigenvalue weighted by Crippen LogP contribution is -2.36. The summed E-state index contributed by atoms with van der Waals surface area (Å²) in [6.07, 6.45) is 2.99. The summed E-state index contributed by atoms with van der Waals surface area (Å²) in [5.74, 6) is -0.0808. The zero-order chi connectivity index (χ0) is 18.0. The van der Waals surface area contributed by atoms with Crippen molar-refractivity contribution in [3.8, 4) is 0 Å². The largest absolute Gasteiger partial charge is 0.335 e. The monoisotopic (exact) mass is 341 g/mol. The van der Waals surface area contributed by atoms with Gasteiger partial charge in [-0.25, -0.2) is 4.79 Å². The van der Waals surface area contributed by atoms with Crippen molar-refractivity contribution in [2.24, 2.45) is 0 Å². The van der Waals surface area contributed by atoms with E-state index in [0.717, 1.165) is 24.8 Å². The molecule has 1 saturated carbocycles. The van der Waals surface area contributed by atoms with Gasteiger partial charge in [-0.15, -0.1) is 0 Å². The van der Waals surface area contributed by atoms with Gasteiger partial charge in [-0.1, -0.05) is 31.2 Å². The highest BCUT2D eigenvalue weighted by Crippen LogP contribution is 2.29. The number of aromatic amines is 2. The Bertz CT molecular complexity index is 876. The molecule has 1 amide bonds. The molecule has 3 rings (SSSR count). The van der Waals surface area contributed by atoms with Gasteiger partial charge >= 0.3 is 5.69 Å². The van der Waals surface area contributed by atoms with Crippen LogP contribution in [-0.2, 0) is 24.2 Å². The van der Waals surface area contributed by atoms with Gasteiger partial charge in [0, 0.05) is 23.8 Å². The number of hydrogen-bond acceptors (Lipinski definition) is 3. The molecule has 1 aromatic heterocycles. The van der Waals surface area contributed by atoms with Crippen LogP contribution < -0.4 is 11.2 Å². The summed E-state index contributed by atoms with van der Waals surface area (Å²) < 4.78 is 0. The molecule has 6 heteroatoms.